The van der Waals surface area contributed by atoms with Gasteiger partial charge in [-0.3, -0.25) is 14.6 Å². The molecule has 0 unspecified atom stereocenters. The zero-order chi connectivity index (χ0) is 25.4. The van der Waals surface area contributed by atoms with Crippen molar-refractivity contribution >= 4 is 45.5 Å². The molecule has 0 aliphatic heterocycles. The number of imidazole rings is 1. The Morgan fingerprint density at radius 3 is 2.66 bits per heavy atom. The molecule has 0 aliphatic rings. The predicted octanol–water partition coefficient (Wildman–Crippen LogP) is 1.18. The summed E-state index contributed by atoms with van der Waals surface area (Å²) in [5.41, 5.74) is 19.3. The molecule has 0 fully saturated rings. The van der Waals surface area contributed by atoms with E-state index in [-0.39, 0.29) is 17.8 Å². The molecule has 11 nitrogen and oxygen atoms in total. The number of para-hydroxylation sites is 1. The first-order valence-corrected chi connectivity index (χ1v) is 11.9. The van der Waals surface area contributed by atoms with Crippen molar-refractivity contribution in [1.82, 2.24) is 25.2 Å². The molecule has 2 aromatic heterocycles. The number of nitrogen functional groups attached to an aromatic ring is 1. The molecule has 0 aliphatic carbocycles. The summed E-state index contributed by atoms with van der Waals surface area (Å²) >= 11 is 0. The van der Waals surface area contributed by atoms with Crippen LogP contribution in [0, 0.1) is 0 Å². The van der Waals surface area contributed by atoms with Crippen LogP contribution in [0.3, 0.4) is 0 Å². The number of benzene rings is 1. The summed E-state index contributed by atoms with van der Waals surface area (Å²) in [6, 6.07) is 7.16. The SMILES string of the molecule is CCCCc1nc2c(N)nc3ccccc3c2n1CCNC(=O)[C@H](CCCN=C(N)N)NC(C)=O. The van der Waals surface area contributed by atoms with E-state index >= 15 is 0 Å². The van der Waals surface area contributed by atoms with Gasteiger partial charge in [0.05, 0.1) is 11.0 Å². The second-order valence-electron chi connectivity index (χ2n) is 8.49. The number of nitrogens with zero attached hydrogens (tertiary/aromatic N) is 4. The quantitative estimate of drug-likeness (QED) is 0.146. The van der Waals surface area contributed by atoms with Gasteiger partial charge in [0.2, 0.25) is 11.8 Å². The normalized spacial score (nSPS) is 11.9. The van der Waals surface area contributed by atoms with Crippen LogP contribution in [-0.2, 0) is 22.6 Å². The lowest BCUT2D eigenvalue weighted by Gasteiger charge is -2.18. The highest BCUT2D eigenvalue weighted by molar-refractivity contribution is 6.06. The first-order chi connectivity index (χ1) is 16.8. The molecule has 188 valence electrons. The number of aliphatic imine (C=N–C) groups is 1. The van der Waals surface area contributed by atoms with Crippen molar-refractivity contribution < 1.29 is 9.59 Å². The number of hydrogen-bond donors (Lipinski definition) is 5. The highest BCUT2D eigenvalue weighted by Crippen LogP contribution is 2.29. The summed E-state index contributed by atoms with van der Waals surface area (Å²) in [4.78, 5) is 37.7. The Morgan fingerprint density at radius 1 is 1.17 bits per heavy atom. The van der Waals surface area contributed by atoms with Gasteiger partial charge in [-0.25, -0.2) is 9.97 Å². The van der Waals surface area contributed by atoms with Gasteiger partial charge in [0.25, 0.3) is 0 Å². The fourth-order valence-corrected chi connectivity index (χ4v) is 4.10. The van der Waals surface area contributed by atoms with E-state index in [4.69, 9.17) is 22.2 Å². The fourth-order valence-electron chi connectivity index (χ4n) is 4.10. The lowest BCUT2D eigenvalue weighted by molar-refractivity contribution is -0.128. The number of rotatable bonds is 12. The molecule has 0 spiro atoms. The van der Waals surface area contributed by atoms with E-state index in [1.165, 1.54) is 6.92 Å². The van der Waals surface area contributed by atoms with Crippen LogP contribution in [0.5, 0.6) is 0 Å². The van der Waals surface area contributed by atoms with Gasteiger partial charge < -0.3 is 32.4 Å². The maximum Gasteiger partial charge on any atom is 0.242 e. The molecule has 8 N–H and O–H groups in total. The number of carbonyl (C=O) groups is 2. The number of aryl methyl sites for hydroxylation is 1. The molecule has 2 heterocycles. The van der Waals surface area contributed by atoms with Crippen LogP contribution in [0.15, 0.2) is 29.3 Å². The molecule has 0 radical (unpaired) electrons. The number of guanidine groups is 1. The van der Waals surface area contributed by atoms with E-state index in [1.54, 1.807) is 0 Å². The fraction of sp³-hybridized carbons (Fsp3) is 0.458. The summed E-state index contributed by atoms with van der Waals surface area (Å²) < 4.78 is 2.12. The third kappa shape index (κ3) is 6.58. The second-order valence-corrected chi connectivity index (χ2v) is 8.49. The van der Waals surface area contributed by atoms with Crippen LogP contribution >= 0.6 is 0 Å². The Bertz CT molecular complexity index is 1210. The first kappa shape index (κ1) is 25.7. The smallest absolute Gasteiger partial charge is 0.242 e. The Hall–Kier alpha value is -3.89. The second kappa shape index (κ2) is 12.0. The Kier molecular flexibility index (Phi) is 8.82. The van der Waals surface area contributed by atoms with E-state index in [0.717, 1.165) is 41.5 Å². The highest BCUT2D eigenvalue weighted by atomic mass is 16.2. The summed E-state index contributed by atoms with van der Waals surface area (Å²) in [7, 11) is 0. The number of nitrogens with two attached hydrogens (primary N) is 3. The number of pyridine rings is 1. The van der Waals surface area contributed by atoms with Crippen LogP contribution < -0.4 is 27.8 Å². The maximum atomic E-state index is 12.9. The van der Waals surface area contributed by atoms with Crippen molar-refractivity contribution in [3.05, 3.63) is 30.1 Å². The Morgan fingerprint density at radius 2 is 1.94 bits per heavy atom. The molecule has 11 heteroatoms. The average molecular weight is 482 g/mol. The number of amides is 2. The minimum absolute atomic E-state index is 0.000301. The van der Waals surface area contributed by atoms with Crippen molar-refractivity contribution in [2.45, 2.75) is 58.5 Å². The molecule has 1 aromatic carbocycles. The molecule has 2 amide bonds. The largest absolute Gasteiger partial charge is 0.382 e. The summed E-state index contributed by atoms with van der Waals surface area (Å²) in [5, 5.41) is 6.63. The van der Waals surface area contributed by atoms with Crippen LogP contribution in [0.4, 0.5) is 5.82 Å². The summed E-state index contributed by atoms with van der Waals surface area (Å²) in [6.07, 6.45) is 3.80. The third-order valence-electron chi connectivity index (χ3n) is 5.72. The Balaban J connectivity index is 1.79. The molecular weight excluding hydrogens is 446 g/mol. The maximum absolute atomic E-state index is 12.9. The minimum Gasteiger partial charge on any atom is -0.382 e. The topological polar surface area (TPSA) is 179 Å². The van der Waals surface area contributed by atoms with E-state index in [0.29, 0.717) is 43.8 Å². The van der Waals surface area contributed by atoms with Crippen molar-refractivity contribution in [1.29, 1.82) is 0 Å². The van der Waals surface area contributed by atoms with Crippen LogP contribution in [0.1, 0.15) is 45.4 Å². The lowest BCUT2D eigenvalue weighted by atomic mass is 10.1. The number of nitrogens with one attached hydrogen (secondary N) is 2. The van der Waals surface area contributed by atoms with E-state index in [1.807, 2.05) is 24.3 Å². The monoisotopic (exact) mass is 481 g/mol. The standard InChI is InChI=1S/C24H35N9O2/c1-3-4-11-19-32-20-21(16-8-5-6-9-17(16)31-22(20)25)33(19)14-13-28-23(35)18(30-15(2)34)10-7-12-29-24(26)27/h5-6,8-9,18H,3-4,7,10-14H2,1-2H3,(H2,25,31)(H,28,35)(H,30,34)(H4,26,27,29)/t18-/m0/s1. The number of hydrogen-bond acceptors (Lipinski definition) is 6. The Labute approximate surface area is 204 Å². The van der Waals surface area contributed by atoms with Crippen molar-refractivity contribution in [2.24, 2.45) is 16.5 Å². The molecule has 0 bridgehead atoms. The van der Waals surface area contributed by atoms with Gasteiger partial charge in [0.1, 0.15) is 17.4 Å². The predicted molar refractivity (Wildman–Crippen MR) is 139 cm³/mol. The van der Waals surface area contributed by atoms with E-state index in [2.05, 4.69) is 32.1 Å². The van der Waals surface area contributed by atoms with Crippen molar-refractivity contribution in [2.75, 3.05) is 18.8 Å². The van der Waals surface area contributed by atoms with Crippen molar-refractivity contribution in [3.8, 4) is 0 Å². The van der Waals surface area contributed by atoms with Gasteiger partial charge in [0, 0.05) is 38.4 Å². The molecule has 1 atom stereocenters. The molecule has 3 rings (SSSR count). The number of aromatic nitrogens is 3. The molecule has 0 saturated carbocycles. The van der Waals surface area contributed by atoms with E-state index < -0.39 is 6.04 Å². The zero-order valence-corrected chi connectivity index (χ0v) is 20.4. The summed E-state index contributed by atoms with van der Waals surface area (Å²) in [5.74, 6) is 0.780. The van der Waals surface area contributed by atoms with Gasteiger partial charge >= 0.3 is 0 Å². The minimum atomic E-state index is -0.665. The highest BCUT2D eigenvalue weighted by Gasteiger charge is 2.20. The van der Waals surface area contributed by atoms with Crippen molar-refractivity contribution in [3.63, 3.8) is 0 Å². The number of carbonyl (C=O) groups excluding carboxylic acids is 2. The number of fused-ring (bicyclic) bond motifs is 3. The molecule has 3 aromatic rings. The molecular formula is C24H35N9O2. The lowest BCUT2D eigenvalue weighted by Crippen LogP contribution is -2.46. The van der Waals surface area contributed by atoms with Gasteiger partial charge in [-0.05, 0) is 25.3 Å². The van der Waals surface area contributed by atoms with E-state index in [9.17, 15) is 9.59 Å². The zero-order valence-electron chi connectivity index (χ0n) is 20.4. The average Bonchev–Trinajstić information content (AvgIpc) is 3.18. The van der Waals surface area contributed by atoms with Gasteiger partial charge in [0.15, 0.2) is 11.8 Å². The molecule has 0 saturated heterocycles. The third-order valence-corrected chi connectivity index (χ3v) is 5.72. The van der Waals surface area contributed by atoms with Gasteiger partial charge in [-0.15, -0.1) is 0 Å². The first-order valence-electron chi connectivity index (χ1n) is 11.9. The van der Waals surface area contributed by atoms with Gasteiger partial charge in [-0.2, -0.15) is 0 Å². The molecule has 35 heavy (non-hydrogen) atoms. The number of anilines is 1. The number of unbranched alkanes of at least 4 members (excludes halogenated alkanes) is 1. The summed E-state index contributed by atoms with van der Waals surface area (Å²) in [6.45, 7) is 4.78. The van der Waals surface area contributed by atoms with Gasteiger partial charge in [-0.1, -0.05) is 31.5 Å². The van der Waals surface area contributed by atoms with Crippen LogP contribution in [0.2, 0.25) is 0 Å². The van der Waals surface area contributed by atoms with Crippen LogP contribution in [-0.4, -0.2) is 51.4 Å². The van der Waals surface area contributed by atoms with Crippen LogP contribution in [0.25, 0.3) is 21.9 Å².